The summed E-state index contributed by atoms with van der Waals surface area (Å²) in [6, 6.07) is 4.26. The van der Waals surface area contributed by atoms with E-state index in [-0.39, 0.29) is 18.1 Å². The lowest BCUT2D eigenvalue weighted by atomic mass is 9.73. The highest BCUT2D eigenvalue weighted by Crippen LogP contribution is 2.39. The first-order chi connectivity index (χ1) is 21.5. The van der Waals surface area contributed by atoms with Gasteiger partial charge in [-0.15, -0.1) is 0 Å². The first-order valence-electron chi connectivity index (χ1n) is 18.2. The van der Waals surface area contributed by atoms with Crippen LogP contribution in [0.2, 0.25) is 0 Å². The normalized spacial score (nSPS) is 21.0. The van der Waals surface area contributed by atoms with Crippen molar-refractivity contribution in [1.82, 2.24) is 0 Å². The molecule has 2 unspecified atom stereocenters. The third-order valence-corrected chi connectivity index (χ3v) is 9.96. The zero-order valence-electron chi connectivity index (χ0n) is 28.8. The van der Waals surface area contributed by atoms with E-state index < -0.39 is 11.6 Å². The van der Waals surface area contributed by atoms with Gasteiger partial charge in [-0.25, -0.2) is 0 Å². The second-order valence-electron chi connectivity index (χ2n) is 14.5. The van der Waals surface area contributed by atoms with E-state index in [0.29, 0.717) is 12.2 Å². The number of carbonyl (C=O) groups is 2. The van der Waals surface area contributed by atoms with Crippen LogP contribution in [0.25, 0.3) is 0 Å². The van der Waals surface area contributed by atoms with Gasteiger partial charge in [-0.3, -0.25) is 9.59 Å². The third kappa shape index (κ3) is 13.5. The molecule has 3 aliphatic carbocycles. The van der Waals surface area contributed by atoms with Crippen molar-refractivity contribution in [2.45, 2.75) is 162 Å². The molecule has 252 valence electrons. The predicted octanol–water partition coefficient (Wildman–Crippen LogP) is 9.84. The van der Waals surface area contributed by atoms with E-state index in [1.54, 1.807) is 13.8 Å². The number of Topliss-reactive ketones (excluding diaryl/α,β-unsaturated/α-hetero) is 1. The van der Waals surface area contributed by atoms with Crippen LogP contribution in [0.15, 0.2) is 35.4 Å². The molecule has 4 rings (SSSR count). The maximum absolute atomic E-state index is 11.5. The van der Waals surface area contributed by atoms with E-state index in [1.165, 1.54) is 68.9 Å². The van der Waals surface area contributed by atoms with E-state index in [9.17, 15) is 19.8 Å². The average molecular weight is 623 g/mol. The van der Waals surface area contributed by atoms with Crippen LogP contribution in [0.1, 0.15) is 154 Å². The average Bonchev–Trinajstić information content (AvgIpc) is 3.90. The van der Waals surface area contributed by atoms with Gasteiger partial charge in [0.25, 0.3) is 0 Å². The summed E-state index contributed by atoms with van der Waals surface area (Å²) < 4.78 is 0. The second kappa shape index (κ2) is 18.7. The van der Waals surface area contributed by atoms with E-state index >= 15 is 0 Å². The number of phenolic OH excluding ortho intramolecular Hbond substituents is 1. The van der Waals surface area contributed by atoms with Crippen LogP contribution < -0.4 is 0 Å². The molecule has 3 aliphatic rings. The largest absolute Gasteiger partial charge is 0.507 e. The molecule has 0 amide bonds. The number of hydrogen-bond donors (Lipinski definition) is 3. The lowest BCUT2D eigenvalue weighted by Gasteiger charge is -2.37. The van der Waals surface area contributed by atoms with Gasteiger partial charge in [-0.2, -0.15) is 0 Å². The van der Waals surface area contributed by atoms with Gasteiger partial charge in [0.15, 0.2) is 0 Å². The number of aliphatic hydroxyl groups is 1. The van der Waals surface area contributed by atoms with Crippen molar-refractivity contribution in [3.05, 3.63) is 52.1 Å². The first kappa shape index (κ1) is 37.1. The van der Waals surface area contributed by atoms with Gasteiger partial charge >= 0.3 is 5.97 Å². The zero-order valence-corrected chi connectivity index (χ0v) is 28.8. The maximum atomic E-state index is 11.5. The Bertz CT molecular complexity index is 1150. The number of allylic oxidation sites excluding steroid dienone is 2. The number of phenols is 1. The Hall–Kier alpha value is -2.40. The molecule has 0 heterocycles. The van der Waals surface area contributed by atoms with Crippen molar-refractivity contribution in [2.24, 2.45) is 17.8 Å². The highest BCUT2D eigenvalue weighted by molar-refractivity contribution is 5.79. The second-order valence-corrected chi connectivity index (χ2v) is 14.5. The van der Waals surface area contributed by atoms with Crippen LogP contribution in [0.5, 0.6) is 5.75 Å². The van der Waals surface area contributed by atoms with Crippen LogP contribution in [0.3, 0.4) is 0 Å². The molecule has 1 aromatic carbocycles. The molecule has 45 heavy (non-hydrogen) atoms. The number of carboxylic acids is 1. The van der Waals surface area contributed by atoms with E-state index in [4.69, 9.17) is 5.11 Å². The van der Waals surface area contributed by atoms with Crippen molar-refractivity contribution < 1.29 is 24.9 Å². The molecule has 0 aliphatic heterocycles. The highest BCUT2D eigenvalue weighted by Gasteiger charge is 2.37. The van der Waals surface area contributed by atoms with Crippen LogP contribution >= 0.6 is 0 Å². The maximum Gasteiger partial charge on any atom is 0.304 e. The number of ketones is 1. The van der Waals surface area contributed by atoms with Crippen molar-refractivity contribution in [2.75, 3.05) is 0 Å². The van der Waals surface area contributed by atoms with Gasteiger partial charge in [0.2, 0.25) is 0 Å². The quantitative estimate of drug-likeness (QED) is 0.126. The zero-order chi connectivity index (χ0) is 32.8. The summed E-state index contributed by atoms with van der Waals surface area (Å²) in [6.07, 6.45) is 25.8. The molecule has 0 aromatic heterocycles. The minimum absolute atomic E-state index is 0.00457. The fraction of sp³-hybridized carbons (Fsp3) is 0.700. The van der Waals surface area contributed by atoms with Crippen molar-refractivity contribution in [3.63, 3.8) is 0 Å². The molecule has 0 saturated heterocycles. The number of aliphatic carboxylic acids is 1. The Labute approximate surface area is 273 Å². The Kier molecular flexibility index (Phi) is 15.4. The van der Waals surface area contributed by atoms with Crippen LogP contribution in [0, 0.1) is 17.8 Å². The number of aromatic hydroxyl groups is 1. The van der Waals surface area contributed by atoms with Gasteiger partial charge in [-0.1, -0.05) is 108 Å². The molecule has 2 saturated carbocycles. The number of rotatable bonds is 20. The van der Waals surface area contributed by atoms with Crippen molar-refractivity contribution in [3.8, 4) is 5.75 Å². The number of benzene rings is 1. The number of aryl methyl sites for hydroxylation is 2. The minimum atomic E-state index is -1.03. The Morgan fingerprint density at radius 2 is 1.40 bits per heavy atom. The molecule has 0 bridgehead atoms. The smallest absolute Gasteiger partial charge is 0.304 e. The summed E-state index contributed by atoms with van der Waals surface area (Å²) in [4.78, 5) is 22.6. The van der Waals surface area contributed by atoms with E-state index in [2.05, 4.69) is 32.1 Å². The number of carboxylic acid groups (broad SMARTS) is 1. The standard InChI is InChI=1S/C21H30O2.C19H32O3/c1-15(22)12-20-14-18(6-2-4-16-8-9-16)13-19(21(20)23)7-3-5-17-10-11-17;1-4-6-8-10-15-12-16(11-9-7-5-2)19(3,22)17(13-15)14-18(20)21/h13-14,16-17,23H,2-12H2,1H3;12-13,17,22H,4-11,14H2,1-3H3,(H,20,21). The van der Waals surface area contributed by atoms with Crippen LogP contribution in [-0.2, 0) is 28.9 Å². The number of carbonyl (C=O) groups excluding carboxylic acids is 1. The summed E-state index contributed by atoms with van der Waals surface area (Å²) in [5, 5.41) is 30.5. The van der Waals surface area contributed by atoms with Crippen molar-refractivity contribution in [1.29, 1.82) is 0 Å². The fourth-order valence-corrected chi connectivity index (χ4v) is 6.71. The summed E-state index contributed by atoms with van der Waals surface area (Å²) in [5.41, 5.74) is 4.40. The molecule has 0 radical (unpaired) electrons. The Balaban J connectivity index is 0.000000246. The lowest BCUT2D eigenvalue weighted by molar-refractivity contribution is -0.139. The van der Waals surface area contributed by atoms with Gasteiger partial charge in [0, 0.05) is 17.9 Å². The molecule has 0 spiro atoms. The van der Waals surface area contributed by atoms with Gasteiger partial charge in [-0.05, 0) is 93.7 Å². The van der Waals surface area contributed by atoms with Gasteiger partial charge < -0.3 is 15.3 Å². The summed E-state index contributed by atoms with van der Waals surface area (Å²) in [5.74, 6) is 1.26. The molecular formula is C40H62O5. The fourth-order valence-electron chi connectivity index (χ4n) is 6.71. The highest BCUT2D eigenvalue weighted by atomic mass is 16.4. The Morgan fingerprint density at radius 1 is 0.822 bits per heavy atom. The topological polar surface area (TPSA) is 94.8 Å². The summed E-state index contributed by atoms with van der Waals surface area (Å²) in [7, 11) is 0. The van der Waals surface area contributed by atoms with Crippen LogP contribution in [0.4, 0.5) is 0 Å². The Morgan fingerprint density at radius 3 is 1.96 bits per heavy atom. The van der Waals surface area contributed by atoms with Gasteiger partial charge in [0.1, 0.15) is 11.5 Å². The van der Waals surface area contributed by atoms with Crippen LogP contribution in [-0.4, -0.2) is 32.7 Å². The monoisotopic (exact) mass is 622 g/mol. The van der Waals surface area contributed by atoms with Crippen molar-refractivity contribution >= 4 is 11.8 Å². The van der Waals surface area contributed by atoms with E-state index in [0.717, 1.165) is 86.3 Å². The molecule has 5 nitrogen and oxygen atoms in total. The molecule has 2 atom stereocenters. The molecular weight excluding hydrogens is 560 g/mol. The molecule has 2 fully saturated rings. The number of unbranched alkanes of at least 4 members (excludes halogenated alkanes) is 4. The lowest BCUT2D eigenvalue weighted by Crippen LogP contribution is -2.39. The SMILES string of the molecule is CC(=O)Cc1cc(CCCC2CC2)cc(CCCC2CC2)c1O.CCCCCC1=CC(CC(=O)O)C(C)(O)C(CCCCC)=C1. The third-order valence-electron chi connectivity index (χ3n) is 9.96. The minimum Gasteiger partial charge on any atom is -0.507 e. The van der Waals surface area contributed by atoms with Gasteiger partial charge in [0.05, 0.1) is 12.0 Å². The molecule has 3 N–H and O–H groups in total. The molecule has 5 heteroatoms. The number of hydrogen-bond acceptors (Lipinski definition) is 4. The summed E-state index contributed by atoms with van der Waals surface area (Å²) in [6.45, 7) is 7.72. The first-order valence-corrected chi connectivity index (χ1v) is 18.2. The van der Waals surface area contributed by atoms with E-state index in [1.807, 2.05) is 6.08 Å². The molecule has 1 aromatic rings. The predicted molar refractivity (Wildman–Crippen MR) is 185 cm³/mol. The summed E-state index contributed by atoms with van der Waals surface area (Å²) >= 11 is 0.